The third kappa shape index (κ3) is 4.45. The Morgan fingerprint density at radius 2 is 1.34 bits per heavy atom. The van der Waals surface area contributed by atoms with Gasteiger partial charge in [-0.05, 0) is 53.6 Å². The predicted molar refractivity (Wildman–Crippen MR) is 135 cm³/mol. The molecule has 0 fully saturated rings. The molecular formula is C30H23F2N3. The van der Waals surface area contributed by atoms with Crippen molar-refractivity contribution in [1.82, 2.24) is 15.0 Å². The lowest BCUT2D eigenvalue weighted by Crippen LogP contribution is -2.19. The van der Waals surface area contributed by atoms with Crippen LogP contribution in [0.1, 0.15) is 25.0 Å². The van der Waals surface area contributed by atoms with Crippen LogP contribution in [-0.4, -0.2) is 15.0 Å². The van der Waals surface area contributed by atoms with Crippen LogP contribution < -0.4 is 0 Å². The number of rotatable bonds is 5. The summed E-state index contributed by atoms with van der Waals surface area (Å²) in [7, 11) is 0. The summed E-state index contributed by atoms with van der Waals surface area (Å²) < 4.78 is 29.4. The molecule has 0 atom stereocenters. The number of benzene rings is 2. The molecule has 0 aliphatic rings. The van der Waals surface area contributed by atoms with Crippen molar-refractivity contribution in [2.24, 2.45) is 0 Å². The highest BCUT2D eigenvalue weighted by Crippen LogP contribution is 2.34. The van der Waals surface area contributed by atoms with Crippen molar-refractivity contribution in [3.63, 3.8) is 0 Å². The summed E-state index contributed by atoms with van der Waals surface area (Å²) in [5.41, 5.74) is 4.89. The van der Waals surface area contributed by atoms with E-state index in [1.165, 1.54) is 6.07 Å². The third-order valence-corrected chi connectivity index (χ3v) is 6.29. The summed E-state index contributed by atoms with van der Waals surface area (Å²) in [6.45, 7) is 4.31. The highest BCUT2D eigenvalue weighted by Gasteiger charge is 2.24. The van der Waals surface area contributed by atoms with Crippen LogP contribution >= 0.6 is 0 Å². The first-order valence-electron chi connectivity index (χ1n) is 11.3. The van der Waals surface area contributed by atoms with E-state index in [0.717, 1.165) is 22.8 Å². The lowest BCUT2D eigenvalue weighted by atomic mass is 9.78. The average molecular weight is 464 g/mol. The second-order valence-electron chi connectivity index (χ2n) is 8.88. The zero-order chi connectivity index (χ0) is 24.4. The number of hydrogen-bond donors (Lipinski definition) is 0. The van der Waals surface area contributed by atoms with E-state index in [1.54, 1.807) is 36.7 Å². The Hall–Kier alpha value is -4.25. The highest BCUT2D eigenvalue weighted by molar-refractivity contribution is 5.72. The predicted octanol–water partition coefficient (Wildman–Crippen LogP) is 7.48. The SMILES string of the molecule is CC(C)(c1cccnc1)c1cccc(-c2cccc(-c3cc(-c4ccccn4)c(F)cc3F)n2)c1. The molecule has 3 nitrogen and oxygen atoms in total. The first-order valence-corrected chi connectivity index (χ1v) is 11.3. The van der Waals surface area contributed by atoms with Gasteiger partial charge < -0.3 is 0 Å². The van der Waals surface area contributed by atoms with E-state index in [2.05, 4.69) is 42.0 Å². The maximum atomic E-state index is 14.9. The van der Waals surface area contributed by atoms with Gasteiger partial charge in [0, 0.05) is 46.8 Å². The zero-order valence-electron chi connectivity index (χ0n) is 19.4. The van der Waals surface area contributed by atoms with Crippen molar-refractivity contribution in [3.05, 3.63) is 126 Å². The van der Waals surface area contributed by atoms with E-state index in [1.807, 2.05) is 36.5 Å². The Bertz CT molecular complexity index is 1480. The molecule has 0 spiro atoms. The summed E-state index contributed by atoms with van der Waals surface area (Å²) in [5, 5.41) is 0. The van der Waals surface area contributed by atoms with Crippen LogP contribution in [0.2, 0.25) is 0 Å². The fourth-order valence-corrected chi connectivity index (χ4v) is 4.18. The van der Waals surface area contributed by atoms with Crippen LogP contribution in [0.25, 0.3) is 33.8 Å². The maximum absolute atomic E-state index is 14.9. The molecule has 0 aliphatic heterocycles. The van der Waals surface area contributed by atoms with E-state index in [-0.39, 0.29) is 16.5 Å². The van der Waals surface area contributed by atoms with Gasteiger partial charge in [0.1, 0.15) is 11.6 Å². The maximum Gasteiger partial charge on any atom is 0.135 e. The van der Waals surface area contributed by atoms with Gasteiger partial charge in [0.2, 0.25) is 0 Å². The van der Waals surface area contributed by atoms with Crippen molar-refractivity contribution < 1.29 is 8.78 Å². The second kappa shape index (κ2) is 9.18. The van der Waals surface area contributed by atoms with E-state index >= 15 is 0 Å². The van der Waals surface area contributed by atoms with Crippen LogP contribution in [0.15, 0.2) is 104 Å². The van der Waals surface area contributed by atoms with E-state index in [4.69, 9.17) is 4.98 Å². The molecule has 5 aromatic rings. The molecule has 3 aromatic heterocycles. The topological polar surface area (TPSA) is 38.7 Å². The lowest BCUT2D eigenvalue weighted by Gasteiger charge is -2.26. The van der Waals surface area contributed by atoms with Gasteiger partial charge in [-0.2, -0.15) is 0 Å². The van der Waals surface area contributed by atoms with Crippen molar-refractivity contribution in [3.8, 4) is 33.8 Å². The Labute approximate surface area is 203 Å². The summed E-state index contributed by atoms with van der Waals surface area (Å²) in [4.78, 5) is 13.2. The van der Waals surface area contributed by atoms with Crippen LogP contribution in [-0.2, 0) is 5.41 Å². The fraction of sp³-hybridized carbons (Fsp3) is 0.100. The summed E-state index contributed by atoms with van der Waals surface area (Å²) >= 11 is 0. The Morgan fingerprint density at radius 1 is 0.629 bits per heavy atom. The van der Waals surface area contributed by atoms with Gasteiger partial charge in [-0.3, -0.25) is 9.97 Å². The largest absolute Gasteiger partial charge is 0.264 e. The van der Waals surface area contributed by atoms with Crippen molar-refractivity contribution in [2.45, 2.75) is 19.3 Å². The quantitative estimate of drug-likeness (QED) is 0.271. The number of hydrogen-bond acceptors (Lipinski definition) is 3. The third-order valence-electron chi connectivity index (χ3n) is 6.29. The second-order valence-corrected chi connectivity index (χ2v) is 8.88. The smallest absolute Gasteiger partial charge is 0.135 e. The Balaban J connectivity index is 1.55. The molecule has 0 saturated carbocycles. The van der Waals surface area contributed by atoms with Gasteiger partial charge in [-0.1, -0.05) is 50.2 Å². The molecule has 0 aliphatic carbocycles. The Kier molecular flexibility index (Phi) is 5.91. The normalized spacial score (nSPS) is 11.4. The average Bonchev–Trinajstić information content (AvgIpc) is 2.90. The number of nitrogens with zero attached hydrogens (tertiary/aromatic N) is 3. The molecular weight excluding hydrogens is 440 g/mol. The summed E-state index contributed by atoms with van der Waals surface area (Å²) in [6, 6.07) is 25.2. The molecule has 2 aromatic carbocycles. The van der Waals surface area contributed by atoms with Crippen LogP contribution in [0, 0.1) is 11.6 Å². The molecule has 0 saturated heterocycles. The number of aromatic nitrogens is 3. The first-order chi connectivity index (χ1) is 16.9. The van der Waals surface area contributed by atoms with Gasteiger partial charge in [0.15, 0.2) is 0 Å². The fourth-order valence-electron chi connectivity index (χ4n) is 4.18. The molecule has 5 rings (SSSR count). The Morgan fingerprint density at radius 3 is 2.09 bits per heavy atom. The molecule has 0 bridgehead atoms. The van der Waals surface area contributed by atoms with Gasteiger partial charge in [0.05, 0.1) is 17.1 Å². The number of halogens is 2. The van der Waals surface area contributed by atoms with Crippen molar-refractivity contribution >= 4 is 0 Å². The van der Waals surface area contributed by atoms with Crippen LogP contribution in [0.4, 0.5) is 8.78 Å². The zero-order valence-corrected chi connectivity index (χ0v) is 19.4. The monoisotopic (exact) mass is 463 g/mol. The standard InChI is InChI=1S/C30H23F2N3/c1-30(2,22-10-7-14-33-19-22)21-9-5-8-20(16-21)27-12-6-13-29(35-27)24-17-23(25(31)18-26(24)32)28-11-3-4-15-34-28/h3-19H,1-2H3. The van der Waals surface area contributed by atoms with Gasteiger partial charge in [-0.15, -0.1) is 0 Å². The van der Waals surface area contributed by atoms with Crippen LogP contribution in [0.3, 0.4) is 0 Å². The summed E-state index contributed by atoms with van der Waals surface area (Å²) in [5.74, 6) is -1.33. The molecule has 0 unspecified atom stereocenters. The lowest BCUT2D eigenvalue weighted by molar-refractivity contribution is 0.587. The molecule has 5 heteroatoms. The van der Waals surface area contributed by atoms with E-state index < -0.39 is 11.6 Å². The van der Waals surface area contributed by atoms with Gasteiger partial charge in [0.25, 0.3) is 0 Å². The summed E-state index contributed by atoms with van der Waals surface area (Å²) in [6.07, 6.45) is 5.22. The molecule has 172 valence electrons. The first kappa shape index (κ1) is 22.5. The van der Waals surface area contributed by atoms with Gasteiger partial charge in [-0.25, -0.2) is 13.8 Å². The molecule has 35 heavy (non-hydrogen) atoms. The van der Waals surface area contributed by atoms with Crippen LogP contribution in [0.5, 0.6) is 0 Å². The van der Waals surface area contributed by atoms with Crippen molar-refractivity contribution in [1.29, 1.82) is 0 Å². The van der Waals surface area contributed by atoms with Crippen molar-refractivity contribution in [2.75, 3.05) is 0 Å². The minimum atomic E-state index is -0.668. The molecule has 0 N–H and O–H groups in total. The highest BCUT2D eigenvalue weighted by atomic mass is 19.1. The molecule has 0 radical (unpaired) electrons. The van der Waals surface area contributed by atoms with E-state index in [0.29, 0.717) is 17.1 Å². The number of pyridine rings is 3. The van der Waals surface area contributed by atoms with E-state index in [9.17, 15) is 8.78 Å². The molecule has 0 amide bonds. The minimum Gasteiger partial charge on any atom is -0.264 e. The van der Waals surface area contributed by atoms with Gasteiger partial charge >= 0.3 is 0 Å². The minimum absolute atomic E-state index is 0.223. The molecule has 3 heterocycles.